The molecule has 0 bridgehead atoms. The normalized spacial score (nSPS) is 10.3. The first kappa shape index (κ1) is 14.7. The maximum Gasteiger partial charge on any atom is 0.223 e. The molecule has 0 aromatic carbocycles. The molecule has 0 rings (SSSR count). The number of amides is 1. The Labute approximate surface area is 97.4 Å². The predicted molar refractivity (Wildman–Crippen MR) is 63.1 cm³/mol. The average molecular weight is 236 g/mol. The highest BCUT2D eigenvalue weighted by Gasteiger charge is 2.11. The van der Waals surface area contributed by atoms with E-state index in [9.17, 15) is 4.79 Å². The van der Waals surface area contributed by atoms with Crippen LogP contribution in [-0.4, -0.2) is 41.5 Å². The summed E-state index contributed by atoms with van der Waals surface area (Å²) in [5.74, 6) is 0.408. The van der Waals surface area contributed by atoms with Gasteiger partial charge in [-0.1, -0.05) is 26.2 Å². The number of halogens is 1. The standard InChI is InChI=1S/C11H22ClNO2/c1-2-3-4-5-8-13(9-10-14)11(15)6-7-12/h14H,2-10H2,1H3. The second-order valence-electron chi connectivity index (χ2n) is 3.60. The highest BCUT2D eigenvalue weighted by Crippen LogP contribution is 2.03. The van der Waals surface area contributed by atoms with Crippen molar-refractivity contribution in [3.63, 3.8) is 0 Å². The fraction of sp³-hybridized carbons (Fsp3) is 0.909. The van der Waals surface area contributed by atoms with Crippen LogP contribution < -0.4 is 0 Å². The molecule has 0 spiro atoms. The van der Waals surface area contributed by atoms with Crippen LogP contribution >= 0.6 is 11.6 Å². The smallest absolute Gasteiger partial charge is 0.223 e. The lowest BCUT2D eigenvalue weighted by Gasteiger charge is -2.21. The van der Waals surface area contributed by atoms with Gasteiger partial charge in [-0.25, -0.2) is 0 Å². The van der Waals surface area contributed by atoms with Crippen molar-refractivity contribution in [2.75, 3.05) is 25.6 Å². The van der Waals surface area contributed by atoms with Crippen LogP contribution in [-0.2, 0) is 4.79 Å². The molecule has 1 N–H and O–H groups in total. The molecule has 0 aromatic heterocycles. The van der Waals surface area contributed by atoms with E-state index in [1.54, 1.807) is 4.90 Å². The molecule has 0 saturated heterocycles. The van der Waals surface area contributed by atoms with Gasteiger partial charge in [-0.15, -0.1) is 11.6 Å². The fourth-order valence-electron chi connectivity index (χ4n) is 1.45. The molecule has 0 atom stereocenters. The minimum Gasteiger partial charge on any atom is -0.395 e. The van der Waals surface area contributed by atoms with Gasteiger partial charge in [0.1, 0.15) is 0 Å². The summed E-state index contributed by atoms with van der Waals surface area (Å²) in [6, 6.07) is 0. The van der Waals surface area contributed by atoms with Crippen LogP contribution in [0.1, 0.15) is 39.0 Å². The van der Waals surface area contributed by atoms with E-state index < -0.39 is 0 Å². The second-order valence-corrected chi connectivity index (χ2v) is 3.98. The van der Waals surface area contributed by atoms with E-state index in [0.29, 0.717) is 18.8 Å². The Bertz CT molecular complexity index is 165. The third-order valence-electron chi connectivity index (χ3n) is 2.31. The molecule has 0 heterocycles. The highest BCUT2D eigenvalue weighted by molar-refractivity contribution is 6.18. The summed E-state index contributed by atoms with van der Waals surface area (Å²) in [5.41, 5.74) is 0. The van der Waals surface area contributed by atoms with Crippen molar-refractivity contribution < 1.29 is 9.90 Å². The zero-order valence-electron chi connectivity index (χ0n) is 9.54. The van der Waals surface area contributed by atoms with Crippen molar-refractivity contribution in [1.82, 2.24) is 4.90 Å². The van der Waals surface area contributed by atoms with E-state index >= 15 is 0 Å². The van der Waals surface area contributed by atoms with E-state index in [0.717, 1.165) is 19.4 Å². The number of hydrogen-bond donors (Lipinski definition) is 1. The predicted octanol–water partition coefficient (Wildman–Crippen LogP) is 2.02. The fourth-order valence-corrected chi connectivity index (χ4v) is 1.61. The lowest BCUT2D eigenvalue weighted by molar-refractivity contribution is -0.131. The summed E-state index contributed by atoms with van der Waals surface area (Å²) < 4.78 is 0. The van der Waals surface area contributed by atoms with Gasteiger partial charge in [0.05, 0.1) is 6.61 Å². The first-order valence-electron chi connectivity index (χ1n) is 5.70. The monoisotopic (exact) mass is 235 g/mol. The average Bonchev–Trinajstić information content (AvgIpc) is 2.23. The summed E-state index contributed by atoms with van der Waals surface area (Å²) in [6.07, 6.45) is 4.93. The molecular weight excluding hydrogens is 214 g/mol. The number of aliphatic hydroxyl groups excluding tert-OH is 1. The van der Waals surface area contributed by atoms with Gasteiger partial charge in [-0.3, -0.25) is 4.79 Å². The van der Waals surface area contributed by atoms with Gasteiger partial charge >= 0.3 is 0 Å². The molecule has 1 amide bonds. The number of hydrogen-bond acceptors (Lipinski definition) is 2. The van der Waals surface area contributed by atoms with E-state index in [4.69, 9.17) is 16.7 Å². The molecule has 0 saturated carbocycles. The number of carbonyl (C=O) groups is 1. The first-order valence-corrected chi connectivity index (χ1v) is 6.24. The van der Waals surface area contributed by atoms with Gasteiger partial charge < -0.3 is 10.0 Å². The number of rotatable bonds is 9. The van der Waals surface area contributed by atoms with E-state index in [2.05, 4.69) is 6.92 Å². The van der Waals surface area contributed by atoms with Gasteiger partial charge in [0, 0.05) is 25.4 Å². The molecule has 0 unspecified atom stereocenters. The summed E-state index contributed by atoms with van der Waals surface area (Å²) in [4.78, 5) is 13.2. The van der Waals surface area contributed by atoms with E-state index in [1.807, 2.05) is 0 Å². The van der Waals surface area contributed by atoms with Crippen LogP contribution in [0.4, 0.5) is 0 Å². The molecule has 0 aliphatic rings. The lowest BCUT2D eigenvalue weighted by atomic mass is 10.2. The molecule has 90 valence electrons. The maximum absolute atomic E-state index is 11.5. The molecular formula is C11H22ClNO2. The van der Waals surface area contributed by atoms with Crippen molar-refractivity contribution in [3.05, 3.63) is 0 Å². The van der Waals surface area contributed by atoms with Crippen LogP contribution in [0.15, 0.2) is 0 Å². The maximum atomic E-state index is 11.5. The van der Waals surface area contributed by atoms with Crippen molar-refractivity contribution in [2.45, 2.75) is 39.0 Å². The Morgan fingerprint density at radius 3 is 2.53 bits per heavy atom. The van der Waals surface area contributed by atoms with E-state index in [1.165, 1.54) is 12.8 Å². The quantitative estimate of drug-likeness (QED) is 0.491. The Hall–Kier alpha value is -0.280. The van der Waals surface area contributed by atoms with Crippen molar-refractivity contribution in [1.29, 1.82) is 0 Å². The SMILES string of the molecule is CCCCCCN(CCO)C(=O)CCCl. The van der Waals surface area contributed by atoms with Crippen LogP contribution in [0.3, 0.4) is 0 Å². The minimum atomic E-state index is 0.0296. The lowest BCUT2D eigenvalue weighted by Crippen LogP contribution is -2.34. The third-order valence-corrected chi connectivity index (χ3v) is 2.50. The summed E-state index contributed by atoms with van der Waals surface area (Å²) in [7, 11) is 0. The molecule has 0 aliphatic carbocycles. The Balaban J connectivity index is 3.76. The Morgan fingerprint density at radius 1 is 1.27 bits per heavy atom. The number of unbranched alkanes of at least 4 members (excludes halogenated alkanes) is 3. The molecule has 3 nitrogen and oxygen atoms in total. The molecule has 0 radical (unpaired) electrons. The number of aliphatic hydroxyl groups is 1. The zero-order chi connectivity index (χ0) is 11.5. The molecule has 0 fully saturated rings. The van der Waals surface area contributed by atoms with Crippen molar-refractivity contribution in [3.8, 4) is 0 Å². The summed E-state index contributed by atoms with van der Waals surface area (Å²) >= 11 is 5.51. The van der Waals surface area contributed by atoms with Crippen molar-refractivity contribution in [2.24, 2.45) is 0 Å². The van der Waals surface area contributed by atoms with Crippen molar-refractivity contribution >= 4 is 17.5 Å². The zero-order valence-corrected chi connectivity index (χ0v) is 10.3. The van der Waals surface area contributed by atoms with Gasteiger partial charge in [-0.05, 0) is 6.42 Å². The van der Waals surface area contributed by atoms with Crippen LogP contribution in [0, 0.1) is 0 Å². The number of alkyl halides is 1. The highest BCUT2D eigenvalue weighted by atomic mass is 35.5. The van der Waals surface area contributed by atoms with Crippen LogP contribution in [0.5, 0.6) is 0 Å². The van der Waals surface area contributed by atoms with Crippen LogP contribution in [0.25, 0.3) is 0 Å². The molecule has 0 aromatic rings. The Kier molecular flexibility index (Phi) is 10.1. The molecule has 0 aliphatic heterocycles. The van der Waals surface area contributed by atoms with Gasteiger partial charge in [-0.2, -0.15) is 0 Å². The number of nitrogens with zero attached hydrogens (tertiary/aromatic N) is 1. The van der Waals surface area contributed by atoms with Gasteiger partial charge in [0.2, 0.25) is 5.91 Å². The van der Waals surface area contributed by atoms with E-state index in [-0.39, 0.29) is 12.5 Å². The summed E-state index contributed by atoms with van der Waals surface area (Å²) in [6.45, 7) is 3.37. The van der Waals surface area contributed by atoms with Gasteiger partial charge in [0.15, 0.2) is 0 Å². The van der Waals surface area contributed by atoms with Crippen LogP contribution in [0.2, 0.25) is 0 Å². The summed E-state index contributed by atoms with van der Waals surface area (Å²) in [5, 5.41) is 8.83. The minimum absolute atomic E-state index is 0.0296. The molecule has 15 heavy (non-hydrogen) atoms. The first-order chi connectivity index (χ1) is 7.26. The topological polar surface area (TPSA) is 40.5 Å². The Morgan fingerprint density at radius 2 is 2.00 bits per heavy atom. The largest absolute Gasteiger partial charge is 0.395 e. The molecule has 4 heteroatoms. The van der Waals surface area contributed by atoms with Gasteiger partial charge in [0.25, 0.3) is 0 Å². The number of carbonyl (C=O) groups excluding carboxylic acids is 1. The second kappa shape index (κ2) is 10.2. The third kappa shape index (κ3) is 7.63.